The zero-order valence-corrected chi connectivity index (χ0v) is 15.7. The van der Waals surface area contributed by atoms with Crippen LogP contribution in [0.5, 0.6) is 0 Å². The second-order valence-electron chi connectivity index (χ2n) is 4.97. The minimum Gasteiger partial charge on any atom is -0.478 e. The lowest BCUT2D eigenvalue weighted by atomic mass is 9.87. The standard InChI is InChI=1S/C16H8Br2O8/c17-5-1-7(13(19)20)11(8(2-5)14(21)22)12-9(15(23)24)3-6(18)4-10(12)16(25)26/h1-4H,(H,19,20)(H,21,22)(H,23,24)(H,25,26). The highest BCUT2D eigenvalue weighted by atomic mass is 79.9. The van der Waals surface area contributed by atoms with Crippen LogP contribution in [0.3, 0.4) is 0 Å². The topological polar surface area (TPSA) is 149 Å². The summed E-state index contributed by atoms with van der Waals surface area (Å²) in [5, 5.41) is 37.8. The molecule has 2 rings (SSSR count). The molecule has 134 valence electrons. The summed E-state index contributed by atoms with van der Waals surface area (Å²) in [5.41, 5.74) is -3.22. The van der Waals surface area contributed by atoms with Crippen molar-refractivity contribution in [1.29, 1.82) is 0 Å². The average molecular weight is 488 g/mol. The van der Waals surface area contributed by atoms with Gasteiger partial charge in [0.05, 0.1) is 22.3 Å². The summed E-state index contributed by atoms with van der Waals surface area (Å²) >= 11 is 5.99. The Labute approximate surface area is 162 Å². The first-order valence-corrected chi connectivity index (χ1v) is 8.23. The van der Waals surface area contributed by atoms with Crippen LogP contribution in [-0.2, 0) is 0 Å². The summed E-state index contributed by atoms with van der Waals surface area (Å²) in [6.07, 6.45) is 0. The predicted molar refractivity (Wildman–Crippen MR) is 95.1 cm³/mol. The van der Waals surface area contributed by atoms with Crippen molar-refractivity contribution in [2.75, 3.05) is 0 Å². The van der Waals surface area contributed by atoms with Gasteiger partial charge in [-0.15, -0.1) is 0 Å². The zero-order valence-electron chi connectivity index (χ0n) is 12.5. The lowest BCUT2D eigenvalue weighted by Crippen LogP contribution is -2.13. The number of carbonyl (C=O) groups is 4. The van der Waals surface area contributed by atoms with Crippen molar-refractivity contribution in [3.05, 3.63) is 55.5 Å². The summed E-state index contributed by atoms with van der Waals surface area (Å²) in [4.78, 5) is 46.5. The molecule has 0 amide bonds. The molecular formula is C16H8Br2O8. The Bertz CT molecular complexity index is 831. The highest BCUT2D eigenvalue weighted by molar-refractivity contribution is 9.10. The van der Waals surface area contributed by atoms with E-state index < -0.39 is 57.3 Å². The number of hydrogen-bond donors (Lipinski definition) is 4. The van der Waals surface area contributed by atoms with Gasteiger partial charge in [0.25, 0.3) is 0 Å². The average Bonchev–Trinajstić information content (AvgIpc) is 2.53. The zero-order chi connectivity index (χ0) is 19.8. The van der Waals surface area contributed by atoms with E-state index in [0.29, 0.717) is 0 Å². The maximum Gasteiger partial charge on any atom is 0.336 e. The fourth-order valence-corrected chi connectivity index (χ4v) is 3.34. The summed E-state index contributed by atoms with van der Waals surface area (Å²) < 4.78 is 0.254. The van der Waals surface area contributed by atoms with Crippen molar-refractivity contribution >= 4 is 55.7 Å². The number of carboxylic acids is 4. The highest BCUT2D eigenvalue weighted by Gasteiger charge is 2.29. The Hall–Kier alpha value is -2.72. The van der Waals surface area contributed by atoms with Crippen molar-refractivity contribution < 1.29 is 39.6 Å². The third-order valence-corrected chi connectivity index (χ3v) is 4.29. The van der Waals surface area contributed by atoms with Gasteiger partial charge in [-0.1, -0.05) is 31.9 Å². The Balaban J connectivity index is 3.14. The number of carboxylic acid groups (broad SMARTS) is 4. The Kier molecular flexibility index (Phi) is 5.47. The number of benzene rings is 2. The van der Waals surface area contributed by atoms with Crippen molar-refractivity contribution in [2.45, 2.75) is 0 Å². The van der Waals surface area contributed by atoms with Crippen LogP contribution in [0.25, 0.3) is 11.1 Å². The number of rotatable bonds is 5. The molecule has 0 radical (unpaired) electrons. The number of hydrogen-bond acceptors (Lipinski definition) is 4. The molecule has 0 aliphatic carbocycles. The fraction of sp³-hybridized carbons (Fsp3) is 0. The van der Waals surface area contributed by atoms with Gasteiger partial charge in [-0.2, -0.15) is 0 Å². The molecule has 0 fully saturated rings. The van der Waals surface area contributed by atoms with E-state index in [1.54, 1.807) is 0 Å². The van der Waals surface area contributed by atoms with Gasteiger partial charge in [0.15, 0.2) is 0 Å². The monoisotopic (exact) mass is 486 g/mol. The highest BCUT2D eigenvalue weighted by Crippen LogP contribution is 2.37. The van der Waals surface area contributed by atoms with Crippen molar-refractivity contribution in [3.63, 3.8) is 0 Å². The van der Waals surface area contributed by atoms with E-state index >= 15 is 0 Å². The minimum absolute atomic E-state index is 0.127. The maximum atomic E-state index is 11.6. The van der Waals surface area contributed by atoms with Crippen LogP contribution in [0, 0.1) is 0 Å². The molecule has 2 aromatic carbocycles. The van der Waals surface area contributed by atoms with Gasteiger partial charge in [0, 0.05) is 20.1 Å². The molecule has 0 atom stereocenters. The van der Waals surface area contributed by atoms with Gasteiger partial charge in [-0.05, 0) is 24.3 Å². The van der Waals surface area contributed by atoms with Crippen LogP contribution in [0.15, 0.2) is 33.2 Å². The van der Waals surface area contributed by atoms with E-state index in [9.17, 15) is 39.6 Å². The van der Waals surface area contributed by atoms with E-state index in [0.717, 1.165) is 24.3 Å². The lowest BCUT2D eigenvalue weighted by molar-refractivity contribution is 0.0672. The Morgan fingerprint density at radius 2 is 0.731 bits per heavy atom. The Morgan fingerprint density at radius 3 is 0.885 bits per heavy atom. The molecule has 10 heteroatoms. The van der Waals surface area contributed by atoms with Crippen LogP contribution in [0.2, 0.25) is 0 Å². The third-order valence-electron chi connectivity index (χ3n) is 3.38. The fourth-order valence-electron chi connectivity index (χ4n) is 2.43. The Morgan fingerprint density at radius 1 is 0.538 bits per heavy atom. The van der Waals surface area contributed by atoms with Crippen LogP contribution in [-0.4, -0.2) is 44.3 Å². The van der Waals surface area contributed by atoms with Crippen molar-refractivity contribution in [3.8, 4) is 11.1 Å². The molecule has 0 saturated carbocycles. The first-order valence-electron chi connectivity index (χ1n) is 6.65. The largest absolute Gasteiger partial charge is 0.478 e. The van der Waals surface area contributed by atoms with Crippen LogP contribution < -0.4 is 0 Å². The molecule has 26 heavy (non-hydrogen) atoms. The summed E-state index contributed by atoms with van der Waals surface area (Å²) in [6, 6.07) is 4.29. The summed E-state index contributed by atoms with van der Waals surface area (Å²) in [6.45, 7) is 0. The molecule has 8 nitrogen and oxygen atoms in total. The van der Waals surface area contributed by atoms with Crippen LogP contribution in [0.1, 0.15) is 41.4 Å². The molecule has 2 aromatic rings. The second kappa shape index (κ2) is 7.26. The first-order chi connectivity index (χ1) is 12.0. The molecule has 0 heterocycles. The quantitative estimate of drug-likeness (QED) is 0.499. The predicted octanol–water partition coefficient (Wildman–Crippen LogP) is 3.67. The van der Waals surface area contributed by atoms with Gasteiger partial charge in [-0.3, -0.25) is 0 Å². The summed E-state index contributed by atoms with van der Waals surface area (Å²) in [5.74, 6) is -6.17. The lowest BCUT2D eigenvalue weighted by Gasteiger charge is -2.16. The second-order valence-corrected chi connectivity index (χ2v) is 6.80. The number of aromatic carboxylic acids is 4. The van der Waals surface area contributed by atoms with E-state index in [2.05, 4.69) is 31.9 Å². The van der Waals surface area contributed by atoms with Crippen LogP contribution >= 0.6 is 31.9 Å². The van der Waals surface area contributed by atoms with E-state index in [4.69, 9.17) is 0 Å². The van der Waals surface area contributed by atoms with Gasteiger partial charge < -0.3 is 20.4 Å². The smallest absolute Gasteiger partial charge is 0.336 e. The molecule has 0 spiro atoms. The normalized spacial score (nSPS) is 10.4. The van der Waals surface area contributed by atoms with Gasteiger partial charge in [0.1, 0.15) is 0 Å². The molecular weight excluding hydrogens is 480 g/mol. The molecule has 0 bridgehead atoms. The molecule has 4 N–H and O–H groups in total. The van der Waals surface area contributed by atoms with Gasteiger partial charge in [-0.25, -0.2) is 19.2 Å². The van der Waals surface area contributed by atoms with Crippen LogP contribution in [0.4, 0.5) is 0 Å². The maximum absolute atomic E-state index is 11.6. The number of halogens is 2. The van der Waals surface area contributed by atoms with E-state index in [1.165, 1.54) is 0 Å². The van der Waals surface area contributed by atoms with E-state index in [-0.39, 0.29) is 8.95 Å². The summed E-state index contributed by atoms with van der Waals surface area (Å²) in [7, 11) is 0. The van der Waals surface area contributed by atoms with Gasteiger partial charge in [0.2, 0.25) is 0 Å². The third kappa shape index (κ3) is 3.60. The van der Waals surface area contributed by atoms with Crippen molar-refractivity contribution in [1.82, 2.24) is 0 Å². The molecule has 0 aromatic heterocycles. The molecule has 0 saturated heterocycles. The first kappa shape index (κ1) is 19.6. The SMILES string of the molecule is O=C(O)c1cc(Br)cc(C(=O)O)c1-c1c(C(=O)O)cc(Br)cc1C(=O)O. The van der Waals surface area contributed by atoms with Gasteiger partial charge >= 0.3 is 23.9 Å². The van der Waals surface area contributed by atoms with Crippen molar-refractivity contribution in [2.24, 2.45) is 0 Å². The van der Waals surface area contributed by atoms with E-state index in [1.807, 2.05) is 0 Å². The molecule has 0 unspecified atom stereocenters. The molecule has 0 aliphatic heterocycles. The molecule has 0 aliphatic rings. The minimum atomic E-state index is -1.54.